The zero-order valence-electron chi connectivity index (χ0n) is 11.6. The van der Waals surface area contributed by atoms with Crippen molar-refractivity contribution in [2.24, 2.45) is 11.8 Å². The van der Waals surface area contributed by atoms with Crippen LogP contribution in [0.3, 0.4) is 0 Å². The Morgan fingerprint density at radius 1 is 1.41 bits per heavy atom. The van der Waals surface area contributed by atoms with Gasteiger partial charge in [-0.3, -0.25) is 0 Å². The van der Waals surface area contributed by atoms with Gasteiger partial charge in [0.1, 0.15) is 0 Å². The number of nitrogens with zero attached hydrogens (tertiary/aromatic N) is 1. The van der Waals surface area contributed by atoms with E-state index in [9.17, 15) is 5.11 Å². The van der Waals surface area contributed by atoms with Crippen molar-refractivity contribution in [2.45, 2.75) is 51.6 Å². The number of likely N-dealkylation sites (tertiary alicyclic amines) is 1. The summed E-state index contributed by atoms with van der Waals surface area (Å²) in [6.07, 6.45) is 3.85. The second-order valence-corrected chi connectivity index (χ2v) is 6.55. The van der Waals surface area contributed by atoms with E-state index in [1.807, 2.05) is 0 Å². The van der Waals surface area contributed by atoms with Crippen LogP contribution in [0, 0.1) is 11.8 Å². The fourth-order valence-corrected chi connectivity index (χ4v) is 3.45. The first-order valence-corrected chi connectivity index (χ1v) is 7.14. The standard InChI is InChI=1S/C14H28N2O/c1-11(2)16-6-4-5-12(9-16)13-7-14(3,10-17)15-8-13/h11-13,15,17H,4-10H2,1-3H3. The van der Waals surface area contributed by atoms with Crippen molar-refractivity contribution in [3.63, 3.8) is 0 Å². The normalized spacial score (nSPS) is 40.1. The molecule has 3 heteroatoms. The third kappa shape index (κ3) is 3.01. The van der Waals surface area contributed by atoms with Gasteiger partial charge in [-0.1, -0.05) is 0 Å². The van der Waals surface area contributed by atoms with Gasteiger partial charge in [-0.15, -0.1) is 0 Å². The molecule has 0 aromatic heterocycles. The van der Waals surface area contributed by atoms with Gasteiger partial charge in [-0.25, -0.2) is 0 Å². The number of aliphatic hydroxyl groups is 1. The van der Waals surface area contributed by atoms with E-state index in [4.69, 9.17) is 0 Å². The van der Waals surface area contributed by atoms with Gasteiger partial charge in [0.25, 0.3) is 0 Å². The van der Waals surface area contributed by atoms with Gasteiger partial charge in [0.05, 0.1) is 6.61 Å². The molecule has 0 radical (unpaired) electrons. The van der Waals surface area contributed by atoms with E-state index in [2.05, 4.69) is 31.0 Å². The predicted octanol–water partition coefficient (Wildman–Crippen LogP) is 1.47. The molecule has 2 saturated heterocycles. The lowest BCUT2D eigenvalue weighted by Crippen LogP contribution is -2.42. The number of piperidine rings is 1. The van der Waals surface area contributed by atoms with Crippen LogP contribution in [0.2, 0.25) is 0 Å². The van der Waals surface area contributed by atoms with Crippen molar-refractivity contribution in [1.29, 1.82) is 0 Å². The Hall–Kier alpha value is -0.120. The average Bonchev–Trinajstić information content (AvgIpc) is 2.73. The fraction of sp³-hybridized carbons (Fsp3) is 1.00. The summed E-state index contributed by atoms with van der Waals surface area (Å²) < 4.78 is 0. The zero-order chi connectivity index (χ0) is 12.5. The molecule has 0 spiro atoms. The number of rotatable bonds is 3. The molecule has 0 aromatic rings. The molecule has 2 heterocycles. The van der Waals surface area contributed by atoms with Crippen LogP contribution in [-0.2, 0) is 0 Å². The Morgan fingerprint density at radius 3 is 2.76 bits per heavy atom. The summed E-state index contributed by atoms with van der Waals surface area (Å²) in [5, 5.41) is 12.9. The van der Waals surface area contributed by atoms with Crippen molar-refractivity contribution in [3.05, 3.63) is 0 Å². The predicted molar refractivity (Wildman–Crippen MR) is 71.0 cm³/mol. The van der Waals surface area contributed by atoms with Crippen LogP contribution in [0.5, 0.6) is 0 Å². The molecule has 2 fully saturated rings. The summed E-state index contributed by atoms with van der Waals surface area (Å²) in [4.78, 5) is 2.61. The van der Waals surface area contributed by atoms with Gasteiger partial charge in [-0.05, 0) is 65.0 Å². The summed E-state index contributed by atoms with van der Waals surface area (Å²) >= 11 is 0. The molecule has 0 aromatic carbocycles. The smallest absolute Gasteiger partial charge is 0.0610 e. The fourth-order valence-electron chi connectivity index (χ4n) is 3.45. The molecule has 2 N–H and O–H groups in total. The molecule has 2 aliphatic rings. The Balaban J connectivity index is 1.90. The first kappa shape index (κ1) is 13.3. The third-order valence-electron chi connectivity index (χ3n) is 4.74. The summed E-state index contributed by atoms with van der Waals surface area (Å²) in [6.45, 7) is 10.6. The van der Waals surface area contributed by atoms with E-state index in [0.29, 0.717) is 6.04 Å². The SMILES string of the molecule is CC(C)N1CCCC(C2CNC(C)(CO)C2)C1. The Labute approximate surface area is 106 Å². The Morgan fingerprint density at radius 2 is 2.18 bits per heavy atom. The number of aliphatic hydroxyl groups excluding tert-OH is 1. The van der Waals surface area contributed by atoms with E-state index in [-0.39, 0.29) is 12.1 Å². The summed E-state index contributed by atoms with van der Waals surface area (Å²) in [7, 11) is 0. The molecule has 3 atom stereocenters. The highest BCUT2D eigenvalue weighted by Crippen LogP contribution is 2.34. The lowest BCUT2D eigenvalue weighted by atomic mass is 9.81. The molecule has 0 amide bonds. The molecule has 2 aliphatic heterocycles. The summed E-state index contributed by atoms with van der Waals surface area (Å²) in [5.74, 6) is 1.58. The van der Waals surface area contributed by atoms with Crippen LogP contribution >= 0.6 is 0 Å². The lowest BCUT2D eigenvalue weighted by molar-refractivity contribution is 0.107. The first-order chi connectivity index (χ1) is 8.04. The molecule has 0 bridgehead atoms. The molecule has 2 rings (SSSR count). The number of hydrogen-bond acceptors (Lipinski definition) is 3. The van der Waals surface area contributed by atoms with Crippen LogP contribution in [0.15, 0.2) is 0 Å². The summed E-state index contributed by atoms with van der Waals surface area (Å²) in [5.41, 5.74) is -0.0230. The van der Waals surface area contributed by atoms with Gasteiger partial charge in [0, 0.05) is 18.1 Å². The van der Waals surface area contributed by atoms with E-state index in [1.54, 1.807) is 0 Å². The van der Waals surface area contributed by atoms with E-state index in [0.717, 1.165) is 24.8 Å². The maximum Gasteiger partial charge on any atom is 0.0610 e. The van der Waals surface area contributed by atoms with Gasteiger partial charge >= 0.3 is 0 Å². The quantitative estimate of drug-likeness (QED) is 0.784. The monoisotopic (exact) mass is 240 g/mol. The van der Waals surface area contributed by atoms with Gasteiger partial charge in [-0.2, -0.15) is 0 Å². The van der Waals surface area contributed by atoms with Crippen LogP contribution in [0.25, 0.3) is 0 Å². The maximum atomic E-state index is 9.41. The van der Waals surface area contributed by atoms with Gasteiger partial charge < -0.3 is 15.3 Å². The molecule has 100 valence electrons. The maximum absolute atomic E-state index is 9.41. The van der Waals surface area contributed by atoms with Crippen LogP contribution in [0.1, 0.15) is 40.0 Å². The number of hydrogen-bond donors (Lipinski definition) is 2. The van der Waals surface area contributed by atoms with Crippen molar-refractivity contribution in [1.82, 2.24) is 10.2 Å². The minimum absolute atomic E-state index is 0.0230. The molecule has 3 unspecified atom stereocenters. The highest BCUT2D eigenvalue weighted by molar-refractivity contribution is 4.96. The Kier molecular flexibility index (Phi) is 4.11. The van der Waals surface area contributed by atoms with Crippen LogP contribution in [0.4, 0.5) is 0 Å². The minimum Gasteiger partial charge on any atom is -0.394 e. The molecule has 17 heavy (non-hydrogen) atoms. The highest BCUT2D eigenvalue weighted by atomic mass is 16.3. The van der Waals surface area contributed by atoms with Crippen molar-refractivity contribution in [3.8, 4) is 0 Å². The average molecular weight is 240 g/mol. The molecule has 3 nitrogen and oxygen atoms in total. The molecule has 0 aliphatic carbocycles. The van der Waals surface area contributed by atoms with Gasteiger partial charge in [0.2, 0.25) is 0 Å². The van der Waals surface area contributed by atoms with Crippen molar-refractivity contribution >= 4 is 0 Å². The highest BCUT2D eigenvalue weighted by Gasteiger charge is 2.39. The van der Waals surface area contributed by atoms with Crippen molar-refractivity contribution in [2.75, 3.05) is 26.2 Å². The molecular weight excluding hydrogens is 212 g/mol. The third-order valence-corrected chi connectivity index (χ3v) is 4.74. The first-order valence-electron chi connectivity index (χ1n) is 7.14. The lowest BCUT2D eigenvalue weighted by Gasteiger charge is -2.38. The van der Waals surface area contributed by atoms with E-state index < -0.39 is 0 Å². The van der Waals surface area contributed by atoms with E-state index in [1.165, 1.54) is 25.9 Å². The van der Waals surface area contributed by atoms with E-state index >= 15 is 0 Å². The molecule has 0 saturated carbocycles. The minimum atomic E-state index is -0.0230. The number of nitrogens with one attached hydrogen (secondary N) is 1. The van der Waals surface area contributed by atoms with Gasteiger partial charge in [0.15, 0.2) is 0 Å². The zero-order valence-corrected chi connectivity index (χ0v) is 11.6. The second kappa shape index (κ2) is 5.25. The van der Waals surface area contributed by atoms with Crippen LogP contribution in [-0.4, -0.2) is 47.8 Å². The second-order valence-electron chi connectivity index (χ2n) is 6.55. The van der Waals surface area contributed by atoms with Crippen molar-refractivity contribution < 1.29 is 5.11 Å². The Bertz CT molecular complexity index is 257. The topological polar surface area (TPSA) is 35.5 Å². The molecular formula is C14H28N2O. The van der Waals surface area contributed by atoms with Crippen LogP contribution < -0.4 is 5.32 Å². The summed E-state index contributed by atoms with van der Waals surface area (Å²) in [6, 6.07) is 0.677. The largest absolute Gasteiger partial charge is 0.394 e.